The first-order valence-electron chi connectivity index (χ1n) is 7.00. The average Bonchev–Trinajstić information content (AvgIpc) is 2.34. The molecule has 100 valence electrons. The SMILES string of the molecule is CCCCSCC(=O)N(C)C1CCCCC1C. The number of amides is 1. The van der Waals surface area contributed by atoms with Crippen LogP contribution in [0.4, 0.5) is 0 Å². The van der Waals surface area contributed by atoms with Gasteiger partial charge in [-0.05, 0) is 30.9 Å². The molecule has 17 heavy (non-hydrogen) atoms. The number of hydrogen-bond donors (Lipinski definition) is 0. The quantitative estimate of drug-likeness (QED) is 0.678. The molecule has 0 radical (unpaired) electrons. The van der Waals surface area contributed by atoms with Gasteiger partial charge in [0.25, 0.3) is 0 Å². The van der Waals surface area contributed by atoms with Crippen molar-refractivity contribution in [3.8, 4) is 0 Å². The highest BCUT2D eigenvalue weighted by atomic mass is 32.2. The third-order valence-electron chi connectivity index (χ3n) is 3.82. The Kier molecular flexibility index (Phi) is 7.02. The molecule has 1 aliphatic rings. The molecule has 0 aliphatic heterocycles. The second-order valence-corrected chi connectivity index (χ2v) is 6.35. The molecule has 0 heterocycles. The van der Waals surface area contributed by atoms with E-state index in [4.69, 9.17) is 0 Å². The van der Waals surface area contributed by atoms with Crippen LogP contribution in [0.3, 0.4) is 0 Å². The Morgan fingerprint density at radius 2 is 2.06 bits per heavy atom. The monoisotopic (exact) mass is 257 g/mol. The number of carbonyl (C=O) groups is 1. The molecule has 1 aliphatic carbocycles. The van der Waals surface area contributed by atoms with Gasteiger partial charge < -0.3 is 4.90 Å². The van der Waals surface area contributed by atoms with E-state index in [0.29, 0.717) is 23.6 Å². The minimum atomic E-state index is 0.324. The first-order chi connectivity index (χ1) is 8.16. The molecule has 2 nitrogen and oxygen atoms in total. The van der Waals surface area contributed by atoms with Gasteiger partial charge in [-0.1, -0.05) is 33.1 Å². The molecule has 1 amide bonds. The second kappa shape index (κ2) is 8.02. The van der Waals surface area contributed by atoms with E-state index >= 15 is 0 Å². The summed E-state index contributed by atoms with van der Waals surface area (Å²) in [6.07, 6.45) is 7.55. The van der Waals surface area contributed by atoms with Crippen LogP contribution in [-0.4, -0.2) is 35.4 Å². The topological polar surface area (TPSA) is 20.3 Å². The maximum Gasteiger partial charge on any atom is 0.232 e. The van der Waals surface area contributed by atoms with Crippen molar-refractivity contribution >= 4 is 17.7 Å². The fourth-order valence-electron chi connectivity index (χ4n) is 2.56. The van der Waals surface area contributed by atoms with E-state index in [9.17, 15) is 4.79 Å². The summed E-state index contributed by atoms with van der Waals surface area (Å²) in [7, 11) is 2.00. The zero-order chi connectivity index (χ0) is 12.7. The first kappa shape index (κ1) is 14.9. The number of nitrogens with zero attached hydrogens (tertiary/aromatic N) is 1. The van der Waals surface area contributed by atoms with Crippen molar-refractivity contribution in [2.75, 3.05) is 18.6 Å². The van der Waals surface area contributed by atoms with Crippen molar-refractivity contribution in [3.63, 3.8) is 0 Å². The summed E-state index contributed by atoms with van der Waals surface area (Å²) in [5, 5.41) is 0. The predicted octanol–water partition coefficient (Wildman–Crippen LogP) is 3.56. The van der Waals surface area contributed by atoms with E-state index in [-0.39, 0.29) is 0 Å². The average molecular weight is 257 g/mol. The summed E-state index contributed by atoms with van der Waals surface area (Å²) in [4.78, 5) is 14.1. The third kappa shape index (κ3) is 4.90. The number of rotatable bonds is 6. The lowest BCUT2D eigenvalue weighted by Gasteiger charge is -2.36. The summed E-state index contributed by atoms with van der Waals surface area (Å²) in [6, 6.07) is 0.489. The molecule has 2 atom stereocenters. The van der Waals surface area contributed by atoms with Gasteiger partial charge in [-0.15, -0.1) is 0 Å². The molecule has 0 N–H and O–H groups in total. The van der Waals surface area contributed by atoms with E-state index in [1.807, 2.05) is 11.9 Å². The molecule has 0 aromatic carbocycles. The van der Waals surface area contributed by atoms with Crippen molar-refractivity contribution in [2.24, 2.45) is 5.92 Å². The van der Waals surface area contributed by atoms with Gasteiger partial charge >= 0.3 is 0 Å². The van der Waals surface area contributed by atoms with Crippen LogP contribution >= 0.6 is 11.8 Å². The van der Waals surface area contributed by atoms with Crippen LogP contribution < -0.4 is 0 Å². The van der Waals surface area contributed by atoms with Crippen molar-refractivity contribution in [3.05, 3.63) is 0 Å². The Bertz CT molecular complexity index is 232. The summed E-state index contributed by atoms with van der Waals surface area (Å²) < 4.78 is 0. The van der Waals surface area contributed by atoms with Gasteiger partial charge in [0, 0.05) is 13.1 Å². The summed E-state index contributed by atoms with van der Waals surface area (Å²) in [5.74, 6) is 2.79. The van der Waals surface area contributed by atoms with Crippen LogP contribution in [0.2, 0.25) is 0 Å². The van der Waals surface area contributed by atoms with Crippen LogP contribution in [0, 0.1) is 5.92 Å². The highest BCUT2D eigenvalue weighted by Gasteiger charge is 2.27. The smallest absolute Gasteiger partial charge is 0.232 e. The van der Waals surface area contributed by atoms with Gasteiger partial charge in [0.15, 0.2) is 0 Å². The van der Waals surface area contributed by atoms with Crippen molar-refractivity contribution in [1.82, 2.24) is 4.90 Å². The maximum atomic E-state index is 12.1. The maximum absolute atomic E-state index is 12.1. The van der Waals surface area contributed by atoms with Crippen LogP contribution in [0.25, 0.3) is 0 Å². The van der Waals surface area contributed by atoms with Crippen LogP contribution in [-0.2, 0) is 4.79 Å². The van der Waals surface area contributed by atoms with Gasteiger partial charge in [-0.25, -0.2) is 0 Å². The molecule has 3 heteroatoms. The largest absolute Gasteiger partial charge is 0.342 e. The minimum absolute atomic E-state index is 0.324. The predicted molar refractivity (Wildman–Crippen MR) is 76.4 cm³/mol. The third-order valence-corrected chi connectivity index (χ3v) is 4.85. The Morgan fingerprint density at radius 3 is 2.71 bits per heavy atom. The molecule has 0 spiro atoms. The number of carbonyl (C=O) groups excluding carboxylic acids is 1. The number of unbranched alkanes of at least 4 members (excludes halogenated alkanes) is 1. The van der Waals surface area contributed by atoms with E-state index in [1.54, 1.807) is 11.8 Å². The van der Waals surface area contributed by atoms with Crippen LogP contribution in [0.15, 0.2) is 0 Å². The Morgan fingerprint density at radius 1 is 1.35 bits per heavy atom. The summed E-state index contributed by atoms with van der Waals surface area (Å²) >= 11 is 1.79. The van der Waals surface area contributed by atoms with Crippen molar-refractivity contribution < 1.29 is 4.79 Å². The minimum Gasteiger partial charge on any atom is -0.342 e. The Hall–Kier alpha value is -0.180. The van der Waals surface area contributed by atoms with Crippen molar-refractivity contribution in [2.45, 2.75) is 58.4 Å². The Balaban J connectivity index is 2.29. The summed E-state index contributed by atoms with van der Waals surface area (Å²) in [6.45, 7) is 4.48. The normalized spacial score (nSPS) is 24.6. The van der Waals surface area contributed by atoms with E-state index in [2.05, 4.69) is 13.8 Å². The highest BCUT2D eigenvalue weighted by Crippen LogP contribution is 2.27. The number of thioether (sulfide) groups is 1. The summed E-state index contributed by atoms with van der Waals surface area (Å²) in [5.41, 5.74) is 0. The first-order valence-corrected chi connectivity index (χ1v) is 8.15. The van der Waals surface area contributed by atoms with Gasteiger partial charge in [-0.2, -0.15) is 11.8 Å². The molecule has 1 rings (SSSR count). The number of hydrogen-bond acceptors (Lipinski definition) is 2. The molecule has 0 aromatic heterocycles. The van der Waals surface area contributed by atoms with E-state index in [0.717, 1.165) is 5.75 Å². The van der Waals surface area contributed by atoms with Gasteiger partial charge in [0.05, 0.1) is 5.75 Å². The fraction of sp³-hybridized carbons (Fsp3) is 0.929. The lowest BCUT2D eigenvalue weighted by molar-refractivity contribution is -0.130. The lowest BCUT2D eigenvalue weighted by Crippen LogP contribution is -2.43. The van der Waals surface area contributed by atoms with Crippen LogP contribution in [0.1, 0.15) is 52.4 Å². The molecule has 1 saturated carbocycles. The Labute approximate surface area is 111 Å². The van der Waals surface area contributed by atoms with E-state index < -0.39 is 0 Å². The second-order valence-electron chi connectivity index (χ2n) is 5.24. The van der Waals surface area contributed by atoms with Gasteiger partial charge in [0.1, 0.15) is 0 Å². The molecular weight excluding hydrogens is 230 g/mol. The van der Waals surface area contributed by atoms with Crippen molar-refractivity contribution in [1.29, 1.82) is 0 Å². The molecular formula is C14H27NOS. The molecule has 0 aromatic rings. The zero-order valence-electron chi connectivity index (χ0n) is 11.6. The van der Waals surface area contributed by atoms with Gasteiger partial charge in [-0.3, -0.25) is 4.79 Å². The van der Waals surface area contributed by atoms with Gasteiger partial charge in [0.2, 0.25) is 5.91 Å². The molecule has 1 fully saturated rings. The highest BCUT2D eigenvalue weighted by molar-refractivity contribution is 7.99. The molecule has 0 bridgehead atoms. The van der Waals surface area contributed by atoms with Crippen LogP contribution in [0.5, 0.6) is 0 Å². The van der Waals surface area contributed by atoms with E-state index in [1.165, 1.54) is 38.5 Å². The standard InChI is InChI=1S/C14H27NOS/c1-4-5-10-17-11-14(16)15(3)13-9-7-6-8-12(13)2/h12-13H,4-11H2,1-3H3. The molecule has 2 unspecified atom stereocenters. The zero-order valence-corrected chi connectivity index (χ0v) is 12.4. The lowest BCUT2D eigenvalue weighted by atomic mass is 9.85. The molecule has 0 saturated heterocycles. The fourth-order valence-corrected chi connectivity index (χ4v) is 3.58.